The van der Waals surface area contributed by atoms with Gasteiger partial charge >= 0.3 is 0 Å². The predicted octanol–water partition coefficient (Wildman–Crippen LogP) is 3.79. The van der Waals surface area contributed by atoms with Crippen molar-refractivity contribution in [2.75, 3.05) is 0 Å². The van der Waals surface area contributed by atoms with E-state index in [1.165, 1.54) is 11.0 Å². The summed E-state index contributed by atoms with van der Waals surface area (Å²) in [5.41, 5.74) is 1.23. The number of aromatic nitrogens is 1. The van der Waals surface area contributed by atoms with Crippen LogP contribution in [0.1, 0.15) is 0 Å². The Morgan fingerprint density at radius 2 is 1.56 bits per heavy atom. The molecule has 1 aromatic heterocycles. The van der Waals surface area contributed by atoms with E-state index in [1.807, 2.05) is 0 Å². The number of hydrogen-bond acceptors (Lipinski definition) is 0. The second-order valence-electron chi connectivity index (χ2n) is 4.96. The van der Waals surface area contributed by atoms with Gasteiger partial charge < -0.3 is 4.57 Å². The van der Waals surface area contributed by atoms with Gasteiger partial charge in [-0.3, -0.25) is 0 Å². The van der Waals surface area contributed by atoms with Crippen molar-refractivity contribution in [3.63, 3.8) is 0 Å². The van der Waals surface area contributed by atoms with Crippen molar-refractivity contribution >= 4 is 29.3 Å². The van der Waals surface area contributed by atoms with Crippen molar-refractivity contribution in [3.8, 4) is 5.69 Å². The van der Waals surface area contributed by atoms with Crippen LogP contribution in [0.2, 0.25) is 19.6 Å². The van der Waals surface area contributed by atoms with E-state index in [0.29, 0.717) is 0 Å². The average molecular weight is 294 g/mol. The molecular formula is C13H16BrNSi. The maximum Gasteiger partial charge on any atom is 0.0990 e. The lowest BCUT2D eigenvalue weighted by Gasteiger charge is -2.20. The van der Waals surface area contributed by atoms with Crippen LogP contribution < -0.4 is 5.32 Å². The molecular weight excluding hydrogens is 278 g/mol. The van der Waals surface area contributed by atoms with Gasteiger partial charge in [-0.1, -0.05) is 37.8 Å². The maximum atomic E-state index is 3.63. The summed E-state index contributed by atoms with van der Waals surface area (Å²) in [4.78, 5) is 0. The minimum absolute atomic E-state index is 1.14. The van der Waals surface area contributed by atoms with Gasteiger partial charge in [-0.2, -0.15) is 0 Å². The molecule has 16 heavy (non-hydrogen) atoms. The highest BCUT2D eigenvalue weighted by atomic mass is 79.9. The highest BCUT2D eigenvalue weighted by Gasteiger charge is 2.22. The molecule has 0 atom stereocenters. The fourth-order valence-electron chi connectivity index (χ4n) is 1.84. The van der Waals surface area contributed by atoms with E-state index in [9.17, 15) is 0 Å². The van der Waals surface area contributed by atoms with Crippen LogP contribution in [0, 0.1) is 0 Å². The lowest BCUT2D eigenvalue weighted by Crippen LogP contribution is -2.42. The van der Waals surface area contributed by atoms with Gasteiger partial charge in [0.1, 0.15) is 0 Å². The normalized spacial score (nSPS) is 11.8. The van der Waals surface area contributed by atoms with Crippen LogP contribution in [0.4, 0.5) is 0 Å². The van der Waals surface area contributed by atoms with Crippen LogP contribution in [0.15, 0.2) is 47.1 Å². The largest absolute Gasteiger partial charge is 0.312 e. The Kier molecular flexibility index (Phi) is 3.08. The summed E-state index contributed by atoms with van der Waals surface area (Å²) in [5.74, 6) is 0. The third-order valence-electron chi connectivity index (χ3n) is 2.62. The monoisotopic (exact) mass is 293 g/mol. The molecule has 0 amide bonds. The first kappa shape index (κ1) is 11.7. The third-order valence-corrected chi connectivity index (χ3v) is 5.16. The zero-order valence-corrected chi connectivity index (χ0v) is 12.5. The second-order valence-corrected chi connectivity index (χ2v) is 10.8. The van der Waals surface area contributed by atoms with Crippen molar-refractivity contribution in [2.24, 2.45) is 0 Å². The Labute approximate surface area is 106 Å². The van der Waals surface area contributed by atoms with Crippen molar-refractivity contribution < 1.29 is 0 Å². The van der Waals surface area contributed by atoms with Crippen molar-refractivity contribution in [1.29, 1.82) is 0 Å². The molecule has 0 N–H and O–H groups in total. The molecule has 1 nitrogen and oxygen atoms in total. The number of nitrogens with zero attached hydrogens (tertiary/aromatic N) is 1. The number of para-hydroxylation sites is 1. The van der Waals surface area contributed by atoms with Gasteiger partial charge in [0.2, 0.25) is 0 Å². The SMILES string of the molecule is C[Si](C)(C)c1ccc(Br)n1-c1ccccc1. The van der Waals surface area contributed by atoms with E-state index in [-0.39, 0.29) is 0 Å². The van der Waals surface area contributed by atoms with Gasteiger partial charge in [-0.05, 0) is 40.2 Å². The van der Waals surface area contributed by atoms with Gasteiger partial charge in [0.25, 0.3) is 0 Å². The summed E-state index contributed by atoms with van der Waals surface area (Å²) >= 11 is 3.63. The number of halogens is 1. The topological polar surface area (TPSA) is 4.93 Å². The Morgan fingerprint density at radius 1 is 0.938 bits per heavy atom. The summed E-state index contributed by atoms with van der Waals surface area (Å²) in [6, 6.07) is 14.9. The van der Waals surface area contributed by atoms with Gasteiger partial charge in [0.05, 0.1) is 12.7 Å². The zero-order valence-electron chi connectivity index (χ0n) is 9.87. The van der Waals surface area contributed by atoms with E-state index in [1.54, 1.807) is 0 Å². The first-order valence-electron chi connectivity index (χ1n) is 5.43. The van der Waals surface area contributed by atoms with Crippen molar-refractivity contribution in [1.82, 2.24) is 4.57 Å². The van der Waals surface area contributed by atoms with Crippen molar-refractivity contribution in [3.05, 3.63) is 47.1 Å². The molecule has 0 saturated carbocycles. The Hall–Kier alpha value is -0.803. The van der Waals surface area contributed by atoms with Crippen LogP contribution in [-0.4, -0.2) is 12.6 Å². The third kappa shape index (κ3) is 2.15. The standard InChI is InChI=1S/C13H16BrNSi/c1-16(2,3)13-10-9-12(14)15(13)11-7-5-4-6-8-11/h4-10H,1-3H3. The van der Waals surface area contributed by atoms with E-state index in [2.05, 4.69) is 82.6 Å². The Balaban J connectivity index is 2.61. The average Bonchev–Trinajstić information content (AvgIpc) is 2.61. The van der Waals surface area contributed by atoms with E-state index >= 15 is 0 Å². The minimum atomic E-state index is -1.31. The zero-order chi connectivity index (χ0) is 11.8. The quantitative estimate of drug-likeness (QED) is 0.743. The molecule has 1 aromatic carbocycles. The smallest absolute Gasteiger partial charge is 0.0990 e. The molecule has 2 rings (SSSR count). The first-order chi connectivity index (χ1) is 7.50. The number of benzene rings is 1. The van der Waals surface area contributed by atoms with Crippen LogP contribution in [0.3, 0.4) is 0 Å². The molecule has 0 saturated heterocycles. The molecule has 0 aliphatic heterocycles. The van der Waals surface area contributed by atoms with Crippen molar-refractivity contribution in [2.45, 2.75) is 19.6 Å². The highest BCUT2D eigenvalue weighted by Crippen LogP contribution is 2.18. The van der Waals surface area contributed by atoms with Gasteiger partial charge in [0, 0.05) is 11.0 Å². The molecule has 0 bridgehead atoms. The first-order valence-corrected chi connectivity index (χ1v) is 9.72. The van der Waals surface area contributed by atoms with E-state index in [4.69, 9.17) is 0 Å². The molecule has 0 unspecified atom stereocenters. The summed E-state index contributed by atoms with van der Waals surface area (Å²) in [5, 5.41) is 1.45. The maximum absolute atomic E-state index is 3.63. The number of rotatable bonds is 2. The molecule has 2 aromatic rings. The Morgan fingerprint density at radius 3 is 2.12 bits per heavy atom. The molecule has 0 aliphatic rings. The summed E-state index contributed by atoms with van der Waals surface area (Å²) in [6.45, 7) is 7.11. The molecule has 84 valence electrons. The van der Waals surface area contributed by atoms with Crippen LogP contribution in [0.25, 0.3) is 5.69 Å². The fraction of sp³-hybridized carbons (Fsp3) is 0.231. The molecule has 1 heterocycles. The second kappa shape index (κ2) is 4.22. The summed E-state index contributed by atoms with van der Waals surface area (Å²) in [7, 11) is -1.31. The number of hydrogen-bond donors (Lipinski definition) is 0. The van der Waals surface area contributed by atoms with Crippen LogP contribution >= 0.6 is 15.9 Å². The van der Waals surface area contributed by atoms with E-state index < -0.39 is 8.07 Å². The van der Waals surface area contributed by atoms with Gasteiger partial charge in [-0.15, -0.1) is 0 Å². The van der Waals surface area contributed by atoms with Crippen LogP contribution in [-0.2, 0) is 0 Å². The van der Waals surface area contributed by atoms with E-state index in [0.717, 1.165) is 4.60 Å². The van der Waals surface area contributed by atoms with Gasteiger partial charge in [-0.25, -0.2) is 0 Å². The minimum Gasteiger partial charge on any atom is -0.312 e. The van der Waals surface area contributed by atoms with Crippen LogP contribution in [0.5, 0.6) is 0 Å². The molecule has 0 spiro atoms. The predicted molar refractivity (Wildman–Crippen MR) is 76.4 cm³/mol. The fourth-order valence-corrected chi connectivity index (χ4v) is 4.03. The lowest BCUT2D eigenvalue weighted by molar-refractivity contribution is 1.07. The highest BCUT2D eigenvalue weighted by molar-refractivity contribution is 9.10. The molecule has 0 radical (unpaired) electrons. The molecule has 3 heteroatoms. The lowest BCUT2D eigenvalue weighted by atomic mass is 10.3. The summed E-state index contributed by atoms with van der Waals surface area (Å²) in [6.07, 6.45) is 0. The van der Waals surface area contributed by atoms with Gasteiger partial charge in [0.15, 0.2) is 0 Å². The molecule has 0 aliphatic carbocycles. The molecule has 0 fully saturated rings. The Bertz CT molecular complexity index is 482. The summed E-state index contributed by atoms with van der Waals surface area (Å²) < 4.78 is 3.45.